The summed E-state index contributed by atoms with van der Waals surface area (Å²) in [6.45, 7) is 2.85. The second kappa shape index (κ2) is 8.01. The Hall–Kier alpha value is -3.19. The summed E-state index contributed by atoms with van der Waals surface area (Å²) in [4.78, 5) is 38.3. The number of hydrogen-bond donors (Lipinski definition) is 3. The summed E-state index contributed by atoms with van der Waals surface area (Å²) in [5.41, 5.74) is 8.52. The molecule has 1 heterocycles. The first-order chi connectivity index (χ1) is 13.0. The summed E-state index contributed by atoms with van der Waals surface area (Å²) in [6, 6.07) is 12.1. The highest BCUT2D eigenvalue weighted by molar-refractivity contribution is 6.09. The molecule has 2 aromatic carbocycles. The zero-order valence-electron chi connectivity index (χ0n) is 15.1. The predicted octanol–water partition coefficient (Wildman–Crippen LogP) is 1.54. The van der Waals surface area contributed by atoms with Crippen molar-refractivity contribution in [2.45, 2.75) is 13.3 Å². The maximum absolute atomic E-state index is 12.7. The summed E-state index contributed by atoms with van der Waals surface area (Å²) in [6.07, 6.45) is 0.716. The Kier molecular flexibility index (Phi) is 5.52. The highest BCUT2D eigenvalue weighted by Crippen LogP contribution is 2.29. The van der Waals surface area contributed by atoms with E-state index in [0.29, 0.717) is 42.9 Å². The molecule has 0 radical (unpaired) electrons. The molecule has 0 unspecified atom stereocenters. The van der Waals surface area contributed by atoms with E-state index in [9.17, 15) is 14.4 Å². The van der Waals surface area contributed by atoms with Crippen LogP contribution in [-0.2, 0) is 11.2 Å². The normalized spacial score (nSPS) is 12.4. The van der Waals surface area contributed by atoms with Crippen LogP contribution in [0.3, 0.4) is 0 Å². The number of fused-ring (bicyclic) bond motifs is 1. The van der Waals surface area contributed by atoms with E-state index >= 15 is 0 Å². The van der Waals surface area contributed by atoms with Gasteiger partial charge in [0.1, 0.15) is 0 Å². The Morgan fingerprint density at radius 1 is 1.11 bits per heavy atom. The molecule has 1 aliphatic heterocycles. The molecule has 0 aromatic heterocycles. The van der Waals surface area contributed by atoms with Crippen molar-refractivity contribution in [3.05, 3.63) is 59.2 Å². The van der Waals surface area contributed by atoms with E-state index in [1.807, 2.05) is 0 Å². The number of rotatable bonds is 5. The number of para-hydroxylation sites is 1. The molecule has 0 saturated carbocycles. The fourth-order valence-electron chi connectivity index (χ4n) is 3.14. The van der Waals surface area contributed by atoms with Crippen molar-refractivity contribution < 1.29 is 14.4 Å². The number of amides is 3. The molecule has 4 N–H and O–H groups in total. The fraction of sp³-hybridized carbons (Fsp3) is 0.250. The van der Waals surface area contributed by atoms with Crippen molar-refractivity contribution >= 4 is 29.1 Å². The van der Waals surface area contributed by atoms with E-state index in [-0.39, 0.29) is 17.7 Å². The lowest BCUT2D eigenvalue weighted by molar-refractivity contribution is -0.116. The van der Waals surface area contributed by atoms with Crippen LogP contribution in [0.2, 0.25) is 0 Å². The number of nitrogens with one attached hydrogen (secondary N) is 2. The third-order valence-corrected chi connectivity index (χ3v) is 4.47. The van der Waals surface area contributed by atoms with Gasteiger partial charge in [0.25, 0.3) is 11.8 Å². The molecule has 3 amide bonds. The van der Waals surface area contributed by atoms with E-state index in [0.717, 1.165) is 11.3 Å². The van der Waals surface area contributed by atoms with Crippen LogP contribution < -0.4 is 21.3 Å². The van der Waals surface area contributed by atoms with Gasteiger partial charge in [0.05, 0.1) is 11.3 Å². The molecule has 0 saturated heterocycles. The molecular formula is C20H22N4O3. The fourth-order valence-corrected chi connectivity index (χ4v) is 3.14. The zero-order chi connectivity index (χ0) is 19.4. The van der Waals surface area contributed by atoms with Gasteiger partial charge in [-0.3, -0.25) is 14.4 Å². The van der Waals surface area contributed by atoms with Crippen LogP contribution >= 0.6 is 0 Å². The van der Waals surface area contributed by atoms with E-state index in [2.05, 4.69) is 10.6 Å². The quantitative estimate of drug-likeness (QED) is 0.746. The molecular weight excluding hydrogens is 344 g/mol. The van der Waals surface area contributed by atoms with E-state index in [1.54, 1.807) is 47.4 Å². The topological polar surface area (TPSA) is 105 Å². The minimum absolute atomic E-state index is 0.0108. The Balaban J connectivity index is 1.79. The van der Waals surface area contributed by atoms with Crippen molar-refractivity contribution in [2.24, 2.45) is 5.73 Å². The number of benzene rings is 2. The van der Waals surface area contributed by atoms with Crippen molar-refractivity contribution in [3.63, 3.8) is 0 Å². The third-order valence-electron chi connectivity index (χ3n) is 4.47. The number of nitrogens with two attached hydrogens (primary N) is 1. The van der Waals surface area contributed by atoms with Crippen LogP contribution in [0.25, 0.3) is 0 Å². The molecule has 7 heteroatoms. The van der Waals surface area contributed by atoms with Crippen molar-refractivity contribution in [1.29, 1.82) is 0 Å². The maximum Gasteiger partial charge on any atom is 0.255 e. The molecule has 0 atom stereocenters. The smallest absolute Gasteiger partial charge is 0.255 e. The summed E-state index contributed by atoms with van der Waals surface area (Å²) in [5.74, 6) is -0.607. The number of nitrogens with zero attached hydrogens (tertiary/aromatic N) is 1. The van der Waals surface area contributed by atoms with Crippen LogP contribution in [0.4, 0.5) is 11.4 Å². The van der Waals surface area contributed by atoms with E-state index in [1.165, 1.54) is 6.92 Å². The van der Waals surface area contributed by atoms with Gasteiger partial charge in [-0.1, -0.05) is 12.1 Å². The van der Waals surface area contributed by atoms with Gasteiger partial charge in [-0.15, -0.1) is 0 Å². The minimum atomic E-state index is -0.307. The molecule has 1 aliphatic rings. The molecule has 0 spiro atoms. The lowest BCUT2D eigenvalue weighted by Gasteiger charge is -2.15. The first-order valence-corrected chi connectivity index (χ1v) is 8.81. The molecule has 0 bridgehead atoms. The van der Waals surface area contributed by atoms with Crippen LogP contribution in [0, 0.1) is 0 Å². The molecule has 0 fully saturated rings. The highest BCUT2D eigenvalue weighted by atomic mass is 16.2. The molecule has 2 aromatic rings. The molecule has 7 nitrogen and oxygen atoms in total. The van der Waals surface area contributed by atoms with Gasteiger partial charge >= 0.3 is 0 Å². The SMILES string of the molecule is CC(=O)N1CCc2cc(C(=O)Nc3ccccc3C(=O)NCCN)ccc21. The molecule has 27 heavy (non-hydrogen) atoms. The van der Waals surface area contributed by atoms with Gasteiger partial charge in [-0.2, -0.15) is 0 Å². The first-order valence-electron chi connectivity index (χ1n) is 8.81. The lowest BCUT2D eigenvalue weighted by atomic mass is 10.1. The van der Waals surface area contributed by atoms with Gasteiger partial charge in [-0.25, -0.2) is 0 Å². The average Bonchev–Trinajstić information content (AvgIpc) is 3.10. The van der Waals surface area contributed by atoms with E-state index < -0.39 is 0 Å². The van der Waals surface area contributed by atoms with Crippen molar-refractivity contribution in [2.75, 3.05) is 29.9 Å². The van der Waals surface area contributed by atoms with Gasteiger partial charge in [-0.05, 0) is 42.3 Å². The van der Waals surface area contributed by atoms with Crippen molar-refractivity contribution in [1.82, 2.24) is 5.32 Å². The predicted molar refractivity (Wildman–Crippen MR) is 104 cm³/mol. The van der Waals surface area contributed by atoms with Gasteiger partial charge < -0.3 is 21.3 Å². The molecule has 140 valence electrons. The van der Waals surface area contributed by atoms with Gasteiger partial charge in [0.15, 0.2) is 0 Å². The van der Waals surface area contributed by atoms with Crippen LogP contribution in [0.15, 0.2) is 42.5 Å². The Morgan fingerprint density at radius 2 is 1.89 bits per heavy atom. The average molecular weight is 366 g/mol. The van der Waals surface area contributed by atoms with Crippen LogP contribution in [0.1, 0.15) is 33.2 Å². The van der Waals surface area contributed by atoms with Gasteiger partial charge in [0, 0.05) is 37.8 Å². The van der Waals surface area contributed by atoms with Gasteiger partial charge in [0.2, 0.25) is 5.91 Å². The summed E-state index contributed by atoms with van der Waals surface area (Å²) < 4.78 is 0. The molecule has 3 rings (SSSR count). The second-order valence-corrected chi connectivity index (χ2v) is 6.31. The van der Waals surface area contributed by atoms with Crippen LogP contribution in [-0.4, -0.2) is 37.4 Å². The largest absolute Gasteiger partial charge is 0.351 e. The maximum atomic E-state index is 12.7. The Morgan fingerprint density at radius 3 is 2.63 bits per heavy atom. The number of carbonyl (C=O) groups is 3. The van der Waals surface area contributed by atoms with Crippen LogP contribution in [0.5, 0.6) is 0 Å². The van der Waals surface area contributed by atoms with E-state index in [4.69, 9.17) is 5.73 Å². The number of hydrogen-bond acceptors (Lipinski definition) is 4. The number of anilines is 2. The lowest BCUT2D eigenvalue weighted by Crippen LogP contribution is -2.30. The standard InChI is InChI=1S/C20H22N4O3/c1-13(25)24-11-8-14-12-15(6-7-18(14)24)19(26)23-17-5-3-2-4-16(17)20(27)22-10-9-21/h2-7,12H,8-11,21H2,1H3,(H,22,27)(H,23,26). The highest BCUT2D eigenvalue weighted by Gasteiger charge is 2.23. The summed E-state index contributed by atoms with van der Waals surface area (Å²) >= 11 is 0. The summed E-state index contributed by atoms with van der Waals surface area (Å²) in [7, 11) is 0. The Bertz CT molecular complexity index is 895. The third kappa shape index (κ3) is 3.98. The van der Waals surface area contributed by atoms with Crippen molar-refractivity contribution in [3.8, 4) is 0 Å². The Labute approximate surface area is 157 Å². The minimum Gasteiger partial charge on any atom is -0.351 e. The first kappa shape index (κ1) is 18.6. The summed E-state index contributed by atoms with van der Waals surface area (Å²) in [5, 5.41) is 5.50. The molecule has 0 aliphatic carbocycles. The second-order valence-electron chi connectivity index (χ2n) is 6.31. The number of carbonyl (C=O) groups excluding carboxylic acids is 3. The monoisotopic (exact) mass is 366 g/mol. The zero-order valence-corrected chi connectivity index (χ0v) is 15.1.